The summed E-state index contributed by atoms with van der Waals surface area (Å²) in [7, 11) is 0. The van der Waals surface area contributed by atoms with E-state index in [4.69, 9.17) is 4.74 Å². The van der Waals surface area contributed by atoms with Crippen molar-refractivity contribution in [2.24, 2.45) is 11.8 Å². The number of esters is 1. The van der Waals surface area contributed by atoms with Gasteiger partial charge in [-0.1, -0.05) is 27.7 Å². The molecule has 0 rings (SSSR count). The molecule has 2 heteroatoms. The number of ether oxygens (including phenoxy) is 1. The van der Waals surface area contributed by atoms with E-state index in [9.17, 15) is 4.79 Å². The molecular formula is C9H18O2. The standard InChI is InChI=1S/C9H18O2/c1-7(2)5-6-11-9(10)8(3)4/h7-8H,5-6H2,1-4H3. The number of carbonyl (C=O) groups is 1. The highest BCUT2D eigenvalue weighted by molar-refractivity contribution is 5.71. The van der Waals surface area contributed by atoms with Gasteiger partial charge in [-0.25, -0.2) is 0 Å². The molecule has 0 saturated carbocycles. The molecule has 0 aliphatic rings. The van der Waals surface area contributed by atoms with Crippen molar-refractivity contribution in [3.05, 3.63) is 0 Å². The Labute approximate surface area is 68.9 Å². The molecule has 0 aliphatic carbocycles. The summed E-state index contributed by atoms with van der Waals surface area (Å²) in [4.78, 5) is 10.9. The first-order valence-electron chi connectivity index (χ1n) is 4.20. The number of rotatable bonds is 4. The SMILES string of the molecule is CC(C)CCOC(=O)C(C)C. The maximum atomic E-state index is 10.9. The summed E-state index contributed by atoms with van der Waals surface area (Å²) in [5.74, 6) is 0.516. The van der Waals surface area contributed by atoms with Gasteiger partial charge in [0.1, 0.15) is 0 Å². The first-order chi connectivity index (χ1) is 5.04. The van der Waals surface area contributed by atoms with Crippen LogP contribution < -0.4 is 0 Å². The van der Waals surface area contributed by atoms with E-state index in [0.717, 1.165) is 6.42 Å². The molecule has 0 aliphatic heterocycles. The van der Waals surface area contributed by atoms with Crippen LogP contribution in [0, 0.1) is 11.8 Å². The van der Waals surface area contributed by atoms with E-state index in [1.165, 1.54) is 0 Å². The van der Waals surface area contributed by atoms with Crippen LogP contribution in [0.4, 0.5) is 0 Å². The van der Waals surface area contributed by atoms with Crippen molar-refractivity contribution in [1.29, 1.82) is 0 Å². The zero-order valence-corrected chi connectivity index (χ0v) is 7.89. The smallest absolute Gasteiger partial charge is 0.308 e. The molecule has 0 aromatic carbocycles. The van der Waals surface area contributed by atoms with Gasteiger partial charge in [0, 0.05) is 0 Å². The van der Waals surface area contributed by atoms with Gasteiger partial charge in [0.25, 0.3) is 0 Å². The third-order valence-electron chi connectivity index (χ3n) is 1.41. The Hall–Kier alpha value is -0.530. The maximum Gasteiger partial charge on any atom is 0.308 e. The molecule has 0 radical (unpaired) electrons. The minimum Gasteiger partial charge on any atom is -0.465 e. The molecular weight excluding hydrogens is 140 g/mol. The molecule has 0 bridgehead atoms. The van der Waals surface area contributed by atoms with E-state index in [2.05, 4.69) is 13.8 Å². The van der Waals surface area contributed by atoms with Crippen LogP contribution in [0.2, 0.25) is 0 Å². The fourth-order valence-corrected chi connectivity index (χ4v) is 0.562. The van der Waals surface area contributed by atoms with Gasteiger partial charge in [0.05, 0.1) is 12.5 Å². The Morgan fingerprint density at radius 1 is 1.27 bits per heavy atom. The second-order valence-electron chi connectivity index (χ2n) is 3.50. The van der Waals surface area contributed by atoms with Gasteiger partial charge in [-0.3, -0.25) is 4.79 Å². The van der Waals surface area contributed by atoms with Gasteiger partial charge in [0.15, 0.2) is 0 Å². The highest BCUT2D eigenvalue weighted by atomic mass is 16.5. The zero-order valence-electron chi connectivity index (χ0n) is 7.89. The van der Waals surface area contributed by atoms with E-state index in [0.29, 0.717) is 12.5 Å². The second-order valence-corrected chi connectivity index (χ2v) is 3.50. The summed E-state index contributed by atoms with van der Waals surface area (Å²) in [6.45, 7) is 8.48. The van der Waals surface area contributed by atoms with E-state index in [1.54, 1.807) is 0 Å². The van der Waals surface area contributed by atoms with Crippen LogP contribution in [-0.4, -0.2) is 12.6 Å². The lowest BCUT2D eigenvalue weighted by Crippen LogP contribution is -2.13. The van der Waals surface area contributed by atoms with Crippen LogP contribution >= 0.6 is 0 Å². The molecule has 0 atom stereocenters. The van der Waals surface area contributed by atoms with Crippen LogP contribution in [0.1, 0.15) is 34.1 Å². The molecule has 0 unspecified atom stereocenters. The topological polar surface area (TPSA) is 26.3 Å². The van der Waals surface area contributed by atoms with E-state index < -0.39 is 0 Å². The first-order valence-corrected chi connectivity index (χ1v) is 4.20. The Kier molecular flexibility index (Phi) is 4.92. The van der Waals surface area contributed by atoms with Crippen LogP contribution in [-0.2, 0) is 9.53 Å². The van der Waals surface area contributed by atoms with Crippen molar-refractivity contribution in [2.75, 3.05) is 6.61 Å². The van der Waals surface area contributed by atoms with Crippen LogP contribution in [0.25, 0.3) is 0 Å². The summed E-state index contributed by atoms with van der Waals surface area (Å²) >= 11 is 0. The average molecular weight is 158 g/mol. The highest BCUT2D eigenvalue weighted by Gasteiger charge is 2.07. The van der Waals surface area contributed by atoms with Gasteiger partial charge in [-0.2, -0.15) is 0 Å². The molecule has 0 amide bonds. The fraction of sp³-hybridized carbons (Fsp3) is 0.889. The average Bonchev–Trinajstić information content (AvgIpc) is 1.86. The van der Waals surface area contributed by atoms with Crippen molar-refractivity contribution < 1.29 is 9.53 Å². The summed E-state index contributed by atoms with van der Waals surface area (Å²) in [5, 5.41) is 0. The van der Waals surface area contributed by atoms with Crippen LogP contribution in [0.3, 0.4) is 0 Å². The number of carbonyl (C=O) groups excluding carboxylic acids is 1. The Morgan fingerprint density at radius 2 is 1.82 bits per heavy atom. The molecule has 66 valence electrons. The lowest BCUT2D eigenvalue weighted by Gasteiger charge is -2.07. The lowest BCUT2D eigenvalue weighted by molar-refractivity contribution is -0.147. The van der Waals surface area contributed by atoms with Crippen molar-refractivity contribution in [3.8, 4) is 0 Å². The third kappa shape index (κ3) is 5.89. The molecule has 2 nitrogen and oxygen atoms in total. The third-order valence-corrected chi connectivity index (χ3v) is 1.41. The molecule has 0 heterocycles. The van der Waals surface area contributed by atoms with E-state index in [1.807, 2.05) is 13.8 Å². The summed E-state index contributed by atoms with van der Waals surface area (Å²) in [6, 6.07) is 0. The summed E-state index contributed by atoms with van der Waals surface area (Å²) in [6.07, 6.45) is 0.957. The number of hydrogen-bond donors (Lipinski definition) is 0. The molecule has 0 spiro atoms. The minimum atomic E-state index is -0.0920. The van der Waals surface area contributed by atoms with Gasteiger partial charge < -0.3 is 4.74 Å². The number of hydrogen-bond acceptors (Lipinski definition) is 2. The lowest BCUT2D eigenvalue weighted by atomic mass is 10.1. The first kappa shape index (κ1) is 10.5. The normalized spacial score (nSPS) is 10.7. The zero-order chi connectivity index (χ0) is 8.85. The molecule has 0 aromatic heterocycles. The van der Waals surface area contributed by atoms with Gasteiger partial charge >= 0.3 is 5.97 Å². The van der Waals surface area contributed by atoms with E-state index >= 15 is 0 Å². The quantitative estimate of drug-likeness (QED) is 0.586. The Bertz CT molecular complexity index is 117. The maximum absolute atomic E-state index is 10.9. The minimum absolute atomic E-state index is 0.00200. The molecule has 0 saturated heterocycles. The van der Waals surface area contributed by atoms with Crippen LogP contribution in [0.5, 0.6) is 0 Å². The highest BCUT2D eigenvalue weighted by Crippen LogP contribution is 2.01. The Morgan fingerprint density at radius 3 is 2.18 bits per heavy atom. The summed E-state index contributed by atoms with van der Waals surface area (Å²) in [5.41, 5.74) is 0. The predicted octanol–water partition coefficient (Wildman–Crippen LogP) is 2.23. The Balaban J connectivity index is 3.32. The monoisotopic (exact) mass is 158 g/mol. The molecule has 0 N–H and O–H groups in total. The predicted molar refractivity (Wildman–Crippen MR) is 45.3 cm³/mol. The van der Waals surface area contributed by atoms with Crippen molar-refractivity contribution in [1.82, 2.24) is 0 Å². The molecule has 0 aromatic rings. The van der Waals surface area contributed by atoms with Gasteiger partial charge in [0.2, 0.25) is 0 Å². The van der Waals surface area contributed by atoms with Gasteiger partial charge in [-0.15, -0.1) is 0 Å². The largest absolute Gasteiger partial charge is 0.465 e. The van der Waals surface area contributed by atoms with Crippen molar-refractivity contribution in [2.45, 2.75) is 34.1 Å². The van der Waals surface area contributed by atoms with Gasteiger partial charge in [-0.05, 0) is 12.3 Å². The fourth-order valence-electron chi connectivity index (χ4n) is 0.562. The van der Waals surface area contributed by atoms with E-state index in [-0.39, 0.29) is 11.9 Å². The van der Waals surface area contributed by atoms with Crippen molar-refractivity contribution >= 4 is 5.97 Å². The van der Waals surface area contributed by atoms with Crippen molar-refractivity contribution in [3.63, 3.8) is 0 Å². The van der Waals surface area contributed by atoms with Crippen LogP contribution in [0.15, 0.2) is 0 Å². The molecule has 0 fully saturated rings. The molecule has 11 heavy (non-hydrogen) atoms. The summed E-state index contributed by atoms with van der Waals surface area (Å²) < 4.78 is 4.98. The second kappa shape index (κ2) is 5.16.